The molecule has 1 aromatic carbocycles. The number of nitrogens with one attached hydrogen (secondary N) is 1. The highest BCUT2D eigenvalue weighted by Gasteiger charge is 2.10. The Kier molecular flexibility index (Phi) is 4.21. The average molecular weight is 231 g/mol. The second-order valence-electron chi connectivity index (χ2n) is 4.63. The molecule has 0 amide bonds. The predicted octanol–water partition coefficient (Wildman–Crippen LogP) is 3.93. The number of hydrogen-bond donors (Lipinski definition) is 1. The summed E-state index contributed by atoms with van der Waals surface area (Å²) in [6.07, 6.45) is 2.32. The van der Waals surface area contributed by atoms with Crippen molar-refractivity contribution in [2.24, 2.45) is 0 Å². The quantitative estimate of drug-likeness (QED) is 0.762. The molecule has 2 nitrogen and oxygen atoms in total. The van der Waals surface area contributed by atoms with Gasteiger partial charge in [-0.1, -0.05) is 32.0 Å². The van der Waals surface area contributed by atoms with Gasteiger partial charge in [0.1, 0.15) is 11.3 Å². The fraction of sp³-hybridized carbons (Fsp3) is 0.467. The summed E-state index contributed by atoms with van der Waals surface area (Å²) in [6.45, 7) is 6.58. The Hall–Kier alpha value is -1.28. The Morgan fingerprint density at radius 2 is 2.06 bits per heavy atom. The van der Waals surface area contributed by atoms with Crippen molar-refractivity contribution in [2.75, 3.05) is 13.1 Å². The Balaban J connectivity index is 1.96. The highest BCUT2D eigenvalue weighted by molar-refractivity contribution is 5.77. The van der Waals surface area contributed by atoms with Crippen molar-refractivity contribution in [3.05, 3.63) is 36.1 Å². The van der Waals surface area contributed by atoms with Gasteiger partial charge in [0.2, 0.25) is 0 Å². The Bertz CT molecular complexity index is 428. The molecule has 1 atom stereocenters. The van der Waals surface area contributed by atoms with Gasteiger partial charge in [-0.2, -0.15) is 0 Å². The minimum atomic E-state index is 0.478. The monoisotopic (exact) mass is 231 g/mol. The molecule has 0 aliphatic carbocycles. The van der Waals surface area contributed by atoms with Crippen molar-refractivity contribution >= 4 is 11.0 Å². The van der Waals surface area contributed by atoms with E-state index in [-0.39, 0.29) is 0 Å². The molecule has 1 heterocycles. The van der Waals surface area contributed by atoms with Crippen molar-refractivity contribution in [1.29, 1.82) is 0 Å². The topological polar surface area (TPSA) is 25.2 Å². The second kappa shape index (κ2) is 5.87. The standard InChI is InChI=1S/C15H21NO/c1-3-9-16-10-8-12(2)15-11-13-6-4-5-7-14(13)17-15/h4-7,11-12,16H,3,8-10H2,1-2H3. The summed E-state index contributed by atoms with van der Waals surface area (Å²) in [5.41, 5.74) is 0.996. The van der Waals surface area contributed by atoms with Crippen LogP contribution in [0.1, 0.15) is 38.4 Å². The maximum atomic E-state index is 5.86. The summed E-state index contributed by atoms with van der Waals surface area (Å²) >= 11 is 0. The van der Waals surface area contributed by atoms with Crippen LogP contribution in [-0.4, -0.2) is 13.1 Å². The Labute approximate surface area is 103 Å². The van der Waals surface area contributed by atoms with Crippen molar-refractivity contribution in [3.63, 3.8) is 0 Å². The summed E-state index contributed by atoms with van der Waals surface area (Å²) in [5, 5.41) is 4.63. The van der Waals surface area contributed by atoms with E-state index in [0.29, 0.717) is 5.92 Å². The molecule has 0 aliphatic heterocycles. The first-order valence-corrected chi connectivity index (χ1v) is 6.50. The minimum Gasteiger partial charge on any atom is -0.461 e. The van der Waals surface area contributed by atoms with E-state index in [1.807, 2.05) is 12.1 Å². The number of para-hydroxylation sites is 1. The summed E-state index contributed by atoms with van der Waals surface area (Å²) in [4.78, 5) is 0. The van der Waals surface area contributed by atoms with Gasteiger partial charge in [0.25, 0.3) is 0 Å². The van der Waals surface area contributed by atoms with E-state index in [2.05, 4.69) is 37.4 Å². The fourth-order valence-electron chi connectivity index (χ4n) is 2.01. The molecule has 2 rings (SSSR count). The fourth-order valence-corrected chi connectivity index (χ4v) is 2.01. The summed E-state index contributed by atoms with van der Waals surface area (Å²) in [6, 6.07) is 10.4. The lowest BCUT2D eigenvalue weighted by Crippen LogP contribution is -2.17. The van der Waals surface area contributed by atoms with Crippen LogP contribution in [0.2, 0.25) is 0 Å². The van der Waals surface area contributed by atoms with Crippen LogP contribution < -0.4 is 5.32 Å². The van der Waals surface area contributed by atoms with Gasteiger partial charge in [-0.05, 0) is 38.1 Å². The second-order valence-corrected chi connectivity index (χ2v) is 4.63. The third-order valence-electron chi connectivity index (χ3n) is 3.11. The molecule has 2 aromatic rings. The van der Waals surface area contributed by atoms with Crippen LogP contribution in [0.15, 0.2) is 34.7 Å². The van der Waals surface area contributed by atoms with E-state index in [0.717, 1.165) is 30.9 Å². The van der Waals surface area contributed by atoms with Crippen LogP contribution in [0.25, 0.3) is 11.0 Å². The normalized spacial score (nSPS) is 13.1. The third-order valence-corrected chi connectivity index (χ3v) is 3.11. The van der Waals surface area contributed by atoms with Crippen molar-refractivity contribution < 1.29 is 4.42 Å². The van der Waals surface area contributed by atoms with E-state index in [9.17, 15) is 0 Å². The van der Waals surface area contributed by atoms with E-state index in [4.69, 9.17) is 4.42 Å². The molecule has 0 radical (unpaired) electrons. The van der Waals surface area contributed by atoms with Crippen molar-refractivity contribution in [1.82, 2.24) is 5.32 Å². The number of hydrogen-bond acceptors (Lipinski definition) is 2. The predicted molar refractivity (Wildman–Crippen MR) is 72.4 cm³/mol. The maximum absolute atomic E-state index is 5.86. The molecule has 0 bridgehead atoms. The Morgan fingerprint density at radius 1 is 1.24 bits per heavy atom. The summed E-state index contributed by atoms with van der Waals surface area (Å²) in [7, 11) is 0. The van der Waals surface area contributed by atoms with Gasteiger partial charge in [-0.25, -0.2) is 0 Å². The molecule has 0 saturated carbocycles. The number of furan rings is 1. The molecule has 1 unspecified atom stereocenters. The number of benzene rings is 1. The average Bonchev–Trinajstić information content (AvgIpc) is 2.78. The van der Waals surface area contributed by atoms with Crippen molar-refractivity contribution in [2.45, 2.75) is 32.6 Å². The zero-order chi connectivity index (χ0) is 12.1. The molecule has 0 saturated heterocycles. The molecular weight excluding hydrogens is 210 g/mol. The largest absolute Gasteiger partial charge is 0.461 e. The number of rotatable bonds is 6. The van der Waals surface area contributed by atoms with E-state index in [1.54, 1.807) is 0 Å². The van der Waals surface area contributed by atoms with Gasteiger partial charge in [0.15, 0.2) is 0 Å². The van der Waals surface area contributed by atoms with Gasteiger partial charge < -0.3 is 9.73 Å². The number of fused-ring (bicyclic) bond motifs is 1. The van der Waals surface area contributed by atoms with Crippen LogP contribution in [0, 0.1) is 0 Å². The van der Waals surface area contributed by atoms with E-state index in [1.165, 1.54) is 11.8 Å². The zero-order valence-electron chi connectivity index (χ0n) is 10.7. The highest BCUT2D eigenvalue weighted by atomic mass is 16.3. The first-order valence-electron chi connectivity index (χ1n) is 6.50. The van der Waals surface area contributed by atoms with Gasteiger partial charge in [0, 0.05) is 11.3 Å². The van der Waals surface area contributed by atoms with Crippen LogP contribution in [0.3, 0.4) is 0 Å². The molecule has 1 aromatic heterocycles. The molecule has 17 heavy (non-hydrogen) atoms. The van der Waals surface area contributed by atoms with Crippen LogP contribution in [-0.2, 0) is 0 Å². The maximum Gasteiger partial charge on any atom is 0.134 e. The molecule has 0 fully saturated rings. The lowest BCUT2D eigenvalue weighted by atomic mass is 10.0. The molecule has 0 aliphatic rings. The van der Waals surface area contributed by atoms with Crippen LogP contribution in [0.5, 0.6) is 0 Å². The van der Waals surface area contributed by atoms with Crippen molar-refractivity contribution in [3.8, 4) is 0 Å². The van der Waals surface area contributed by atoms with Gasteiger partial charge in [-0.15, -0.1) is 0 Å². The van der Waals surface area contributed by atoms with Gasteiger partial charge >= 0.3 is 0 Å². The SMILES string of the molecule is CCCNCCC(C)c1cc2ccccc2o1. The van der Waals surface area contributed by atoms with Gasteiger partial charge in [0.05, 0.1) is 0 Å². The van der Waals surface area contributed by atoms with Crippen LogP contribution in [0.4, 0.5) is 0 Å². The van der Waals surface area contributed by atoms with E-state index >= 15 is 0 Å². The van der Waals surface area contributed by atoms with Gasteiger partial charge in [-0.3, -0.25) is 0 Å². The highest BCUT2D eigenvalue weighted by Crippen LogP contribution is 2.26. The van der Waals surface area contributed by atoms with E-state index < -0.39 is 0 Å². The third kappa shape index (κ3) is 3.10. The molecule has 92 valence electrons. The molecule has 2 heteroatoms. The first kappa shape index (κ1) is 12.2. The molecule has 1 N–H and O–H groups in total. The molecular formula is C15H21NO. The smallest absolute Gasteiger partial charge is 0.134 e. The lowest BCUT2D eigenvalue weighted by Gasteiger charge is -2.08. The minimum absolute atomic E-state index is 0.478. The Morgan fingerprint density at radius 3 is 2.82 bits per heavy atom. The summed E-state index contributed by atoms with van der Waals surface area (Å²) in [5.74, 6) is 1.58. The first-order chi connectivity index (χ1) is 8.31. The summed E-state index contributed by atoms with van der Waals surface area (Å²) < 4.78 is 5.86. The lowest BCUT2D eigenvalue weighted by molar-refractivity contribution is 0.478. The van der Waals surface area contributed by atoms with Crippen LogP contribution >= 0.6 is 0 Å². The zero-order valence-corrected chi connectivity index (χ0v) is 10.7. The molecule has 0 spiro atoms.